The second-order valence-corrected chi connectivity index (χ2v) is 3.90. The molecule has 0 aliphatic heterocycles. The number of carbonyl (C=O) groups is 1. The van der Waals surface area contributed by atoms with Crippen molar-refractivity contribution in [2.45, 2.75) is 20.5 Å². The Morgan fingerprint density at radius 2 is 2.11 bits per heavy atom. The largest absolute Gasteiger partial charge is 0.483 e. The van der Waals surface area contributed by atoms with E-state index in [1.54, 1.807) is 24.3 Å². The zero-order valence-corrected chi connectivity index (χ0v) is 10.3. The molecule has 0 spiro atoms. The molecule has 2 N–H and O–H groups in total. The first-order valence-electron chi connectivity index (χ1n) is 5.52. The van der Waals surface area contributed by atoms with Gasteiger partial charge in [0.1, 0.15) is 11.5 Å². The van der Waals surface area contributed by atoms with Crippen molar-refractivity contribution >= 4 is 5.91 Å². The number of carbonyl (C=O) groups excluding carboxylic acids is 1. The summed E-state index contributed by atoms with van der Waals surface area (Å²) in [5.41, 5.74) is 6.43. The molecule has 5 nitrogen and oxygen atoms in total. The van der Waals surface area contributed by atoms with E-state index in [1.165, 1.54) is 0 Å². The Kier molecular flexibility index (Phi) is 3.32. The fraction of sp³-hybridized carbons (Fsp3) is 0.231. The van der Waals surface area contributed by atoms with E-state index in [0.29, 0.717) is 17.2 Å². The molecule has 1 amide bonds. The van der Waals surface area contributed by atoms with Gasteiger partial charge in [-0.05, 0) is 26.0 Å². The normalized spacial score (nSPS) is 10.3. The lowest BCUT2D eigenvalue weighted by Crippen LogP contribution is -2.12. The van der Waals surface area contributed by atoms with Crippen LogP contribution in [0.1, 0.15) is 27.7 Å². The van der Waals surface area contributed by atoms with Gasteiger partial charge in [-0.3, -0.25) is 4.79 Å². The summed E-state index contributed by atoms with van der Waals surface area (Å²) in [6.07, 6.45) is 0. The molecule has 1 aromatic carbocycles. The van der Waals surface area contributed by atoms with E-state index in [0.717, 1.165) is 11.5 Å². The number of rotatable bonds is 4. The number of para-hydroxylation sites is 1. The lowest BCUT2D eigenvalue weighted by Gasteiger charge is -2.07. The maximum absolute atomic E-state index is 11.2. The maximum atomic E-state index is 11.2. The summed E-state index contributed by atoms with van der Waals surface area (Å²) in [5, 5.41) is 0. The molecule has 0 atom stereocenters. The van der Waals surface area contributed by atoms with Crippen molar-refractivity contribution in [1.82, 2.24) is 4.98 Å². The van der Waals surface area contributed by atoms with Gasteiger partial charge in [0.2, 0.25) is 5.89 Å². The lowest BCUT2D eigenvalue weighted by atomic mass is 10.2. The molecule has 0 aliphatic carbocycles. The number of primary amides is 1. The Balaban J connectivity index is 2.13. The number of ether oxygens (including phenoxy) is 1. The van der Waals surface area contributed by atoms with Gasteiger partial charge in [-0.15, -0.1) is 0 Å². The molecule has 0 aliphatic rings. The van der Waals surface area contributed by atoms with Crippen LogP contribution in [0.4, 0.5) is 0 Å². The smallest absolute Gasteiger partial charge is 0.252 e. The minimum Gasteiger partial charge on any atom is -0.483 e. The van der Waals surface area contributed by atoms with Crippen LogP contribution in [-0.4, -0.2) is 10.9 Å². The van der Waals surface area contributed by atoms with Crippen molar-refractivity contribution in [3.05, 3.63) is 47.2 Å². The van der Waals surface area contributed by atoms with E-state index in [2.05, 4.69) is 4.98 Å². The number of oxazole rings is 1. The molecule has 0 saturated heterocycles. The molecular weight excluding hydrogens is 232 g/mol. The average molecular weight is 246 g/mol. The van der Waals surface area contributed by atoms with Crippen molar-refractivity contribution in [3.8, 4) is 5.75 Å². The van der Waals surface area contributed by atoms with E-state index in [1.807, 2.05) is 13.8 Å². The van der Waals surface area contributed by atoms with Gasteiger partial charge in [0.05, 0.1) is 11.3 Å². The van der Waals surface area contributed by atoms with Crippen molar-refractivity contribution in [2.75, 3.05) is 0 Å². The van der Waals surface area contributed by atoms with Crippen molar-refractivity contribution < 1.29 is 13.9 Å². The van der Waals surface area contributed by atoms with Crippen LogP contribution in [0.25, 0.3) is 0 Å². The topological polar surface area (TPSA) is 78.4 Å². The molecule has 0 fully saturated rings. The summed E-state index contributed by atoms with van der Waals surface area (Å²) < 4.78 is 10.9. The van der Waals surface area contributed by atoms with Crippen LogP contribution in [0.5, 0.6) is 5.75 Å². The van der Waals surface area contributed by atoms with Gasteiger partial charge in [0.15, 0.2) is 6.61 Å². The van der Waals surface area contributed by atoms with Gasteiger partial charge in [-0.1, -0.05) is 12.1 Å². The first kappa shape index (κ1) is 12.2. The van der Waals surface area contributed by atoms with Crippen LogP contribution in [0.3, 0.4) is 0 Å². The van der Waals surface area contributed by atoms with Crippen LogP contribution >= 0.6 is 0 Å². The van der Waals surface area contributed by atoms with Crippen LogP contribution in [0, 0.1) is 13.8 Å². The van der Waals surface area contributed by atoms with Gasteiger partial charge in [-0.25, -0.2) is 4.98 Å². The van der Waals surface area contributed by atoms with E-state index < -0.39 is 5.91 Å². The summed E-state index contributed by atoms with van der Waals surface area (Å²) in [5.74, 6) is 1.14. The quantitative estimate of drug-likeness (QED) is 0.894. The number of hydrogen-bond donors (Lipinski definition) is 1. The monoisotopic (exact) mass is 246 g/mol. The Morgan fingerprint density at radius 3 is 2.72 bits per heavy atom. The van der Waals surface area contributed by atoms with Gasteiger partial charge in [-0.2, -0.15) is 0 Å². The molecule has 0 radical (unpaired) electrons. The van der Waals surface area contributed by atoms with Gasteiger partial charge in [0, 0.05) is 0 Å². The zero-order chi connectivity index (χ0) is 13.1. The molecule has 1 heterocycles. The fourth-order valence-corrected chi connectivity index (χ4v) is 1.54. The van der Waals surface area contributed by atoms with Crippen LogP contribution < -0.4 is 10.5 Å². The SMILES string of the molecule is Cc1nc(COc2ccccc2C(N)=O)oc1C. The molecule has 0 unspecified atom stereocenters. The van der Waals surface area contributed by atoms with E-state index in [9.17, 15) is 4.79 Å². The number of hydrogen-bond acceptors (Lipinski definition) is 4. The lowest BCUT2D eigenvalue weighted by molar-refractivity contribution is 0.0995. The summed E-state index contributed by atoms with van der Waals surface area (Å²) in [6.45, 7) is 3.86. The number of nitrogens with zero attached hydrogens (tertiary/aromatic N) is 1. The second-order valence-electron chi connectivity index (χ2n) is 3.90. The van der Waals surface area contributed by atoms with Gasteiger partial charge in [0.25, 0.3) is 5.91 Å². The fourth-order valence-electron chi connectivity index (χ4n) is 1.54. The zero-order valence-electron chi connectivity index (χ0n) is 10.3. The Bertz CT molecular complexity index is 556. The predicted octanol–water partition coefficient (Wildman–Crippen LogP) is 1.97. The first-order chi connectivity index (χ1) is 8.58. The summed E-state index contributed by atoms with van der Waals surface area (Å²) in [6, 6.07) is 6.80. The van der Waals surface area contributed by atoms with E-state index in [4.69, 9.17) is 14.9 Å². The Labute approximate surface area is 105 Å². The highest BCUT2D eigenvalue weighted by Crippen LogP contribution is 2.19. The summed E-state index contributed by atoms with van der Waals surface area (Å²) >= 11 is 0. The van der Waals surface area contributed by atoms with Gasteiger partial charge >= 0.3 is 0 Å². The molecule has 2 rings (SSSR count). The highest BCUT2D eigenvalue weighted by Gasteiger charge is 2.10. The van der Waals surface area contributed by atoms with Crippen LogP contribution in [-0.2, 0) is 6.61 Å². The minimum absolute atomic E-state index is 0.166. The number of nitrogens with two attached hydrogens (primary N) is 1. The van der Waals surface area contributed by atoms with Crippen LogP contribution in [0.2, 0.25) is 0 Å². The summed E-state index contributed by atoms with van der Waals surface area (Å²) in [4.78, 5) is 15.4. The highest BCUT2D eigenvalue weighted by molar-refractivity contribution is 5.95. The molecule has 18 heavy (non-hydrogen) atoms. The first-order valence-corrected chi connectivity index (χ1v) is 5.52. The van der Waals surface area contributed by atoms with Gasteiger partial charge < -0.3 is 14.9 Å². The average Bonchev–Trinajstić information content (AvgIpc) is 2.66. The molecule has 0 saturated carbocycles. The number of benzene rings is 1. The molecule has 2 aromatic rings. The maximum Gasteiger partial charge on any atom is 0.252 e. The Morgan fingerprint density at radius 1 is 1.39 bits per heavy atom. The van der Waals surface area contributed by atoms with E-state index >= 15 is 0 Å². The van der Waals surface area contributed by atoms with Crippen molar-refractivity contribution in [3.63, 3.8) is 0 Å². The summed E-state index contributed by atoms with van der Waals surface area (Å²) in [7, 11) is 0. The molecule has 94 valence electrons. The number of amides is 1. The number of aryl methyl sites for hydroxylation is 2. The highest BCUT2D eigenvalue weighted by atomic mass is 16.5. The third-order valence-electron chi connectivity index (χ3n) is 2.58. The second kappa shape index (κ2) is 4.91. The van der Waals surface area contributed by atoms with Crippen molar-refractivity contribution in [2.24, 2.45) is 5.73 Å². The molecule has 1 aromatic heterocycles. The van der Waals surface area contributed by atoms with E-state index in [-0.39, 0.29) is 6.61 Å². The molecule has 0 bridgehead atoms. The predicted molar refractivity (Wildman–Crippen MR) is 65.3 cm³/mol. The van der Waals surface area contributed by atoms with Crippen molar-refractivity contribution in [1.29, 1.82) is 0 Å². The third-order valence-corrected chi connectivity index (χ3v) is 2.58. The molecular formula is C13H14N2O3. The number of aromatic nitrogens is 1. The van der Waals surface area contributed by atoms with Crippen LogP contribution in [0.15, 0.2) is 28.7 Å². The Hall–Kier alpha value is -2.30. The third kappa shape index (κ3) is 2.51. The minimum atomic E-state index is -0.523. The molecule has 5 heteroatoms. The standard InChI is InChI=1S/C13H14N2O3/c1-8-9(2)18-12(15-8)7-17-11-6-4-3-5-10(11)13(14)16/h3-6H,7H2,1-2H3,(H2,14,16).